The Bertz CT molecular complexity index is 719. The first kappa shape index (κ1) is 20.0. The number of benzene rings is 2. The molecule has 2 aromatic rings. The topological polar surface area (TPSA) is 32.3 Å². The highest BCUT2D eigenvalue weighted by molar-refractivity contribution is 7.98. The maximum atomic E-state index is 12.5. The summed E-state index contributed by atoms with van der Waals surface area (Å²) >= 11 is 1.87. The molecule has 144 valence electrons. The molecule has 1 fully saturated rings. The molecule has 0 bridgehead atoms. The summed E-state index contributed by atoms with van der Waals surface area (Å²) in [7, 11) is 0. The van der Waals surface area contributed by atoms with E-state index in [1.807, 2.05) is 17.8 Å². The highest BCUT2D eigenvalue weighted by atomic mass is 32.2. The second-order valence-electron chi connectivity index (χ2n) is 7.33. The fraction of sp³-hybridized carbons (Fsp3) is 0.435. The minimum atomic E-state index is 0.127. The van der Waals surface area contributed by atoms with E-state index in [4.69, 9.17) is 0 Å². The van der Waals surface area contributed by atoms with Gasteiger partial charge in [-0.05, 0) is 43.0 Å². The number of hydrogen-bond acceptors (Lipinski definition) is 3. The molecule has 3 nitrogen and oxygen atoms in total. The third-order valence-electron chi connectivity index (χ3n) is 5.19. The number of amides is 1. The van der Waals surface area contributed by atoms with Gasteiger partial charge < -0.3 is 5.32 Å². The van der Waals surface area contributed by atoms with Gasteiger partial charge >= 0.3 is 0 Å². The Morgan fingerprint density at radius 2 is 1.93 bits per heavy atom. The second kappa shape index (κ2) is 10.5. The van der Waals surface area contributed by atoms with E-state index in [0.29, 0.717) is 0 Å². The normalized spacial score (nSPS) is 17.6. The minimum Gasteiger partial charge on any atom is -0.355 e. The highest BCUT2D eigenvalue weighted by Gasteiger charge is 2.25. The lowest BCUT2D eigenvalue weighted by atomic mass is 9.96. The van der Waals surface area contributed by atoms with Gasteiger partial charge in [-0.3, -0.25) is 9.69 Å². The summed E-state index contributed by atoms with van der Waals surface area (Å²) in [6.07, 6.45) is 2.11. The Hall–Kier alpha value is -1.78. The Morgan fingerprint density at radius 1 is 1.15 bits per heavy atom. The molecule has 2 aromatic carbocycles. The Balaban J connectivity index is 1.37. The number of hydrogen-bond donors (Lipinski definition) is 1. The summed E-state index contributed by atoms with van der Waals surface area (Å²) < 4.78 is 0. The van der Waals surface area contributed by atoms with Gasteiger partial charge in [-0.25, -0.2) is 0 Å². The van der Waals surface area contributed by atoms with Crippen LogP contribution in [0.5, 0.6) is 0 Å². The predicted octanol–water partition coefficient (Wildman–Crippen LogP) is 4.26. The fourth-order valence-corrected chi connectivity index (χ4v) is 4.42. The molecule has 0 aliphatic carbocycles. The number of thioether (sulfide) groups is 1. The van der Waals surface area contributed by atoms with Crippen LogP contribution in [0.4, 0.5) is 0 Å². The molecule has 0 spiro atoms. The van der Waals surface area contributed by atoms with Crippen molar-refractivity contribution in [3.8, 4) is 0 Å². The molecule has 1 aliphatic heterocycles. The molecule has 1 N–H and O–H groups in total. The van der Waals surface area contributed by atoms with Crippen LogP contribution in [0.2, 0.25) is 0 Å². The first-order valence-electron chi connectivity index (χ1n) is 9.88. The molecule has 1 unspecified atom stereocenters. The quantitative estimate of drug-likeness (QED) is 0.693. The van der Waals surface area contributed by atoms with Gasteiger partial charge in [0, 0.05) is 31.1 Å². The summed E-state index contributed by atoms with van der Waals surface area (Å²) in [5.74, 6) is 2.32. The van der Waals surface area contributed by atoms with Gasteiger partial charge in [0.1, 0.15) is 0 Å². The van der Waals surface area contributed by atoms with Gasteiger partial charge in [-0.1, -0.05) is 54.6 Å². The van der Waals surface area contributed by atoms with E-state index in [1.54, 1.807) is 0 Å². The van der Waals surface area contributed by atoms with Gasteiger partial charge in [0.05, 0.1) is 5.92 Å². The molecular weight excluding hydrogens is 352 g/mol. The molecule has 0 saturated carbocycles. The van der Waals surface area contributed by atoms with E-state index >= 15 is 0 Å². The number of likely N-dealkylation sites (tertiary alicyclic amines) is 1. The molecule has 1 saturated heterocycles. The van der Waals surface area contributed by atoms with E-state index in [-0.39, 0.29) is 11.8 Å². The largest absolute Gasteiger partial charge is 0.355 e. The van der Waals surface area contributed by atoms with Crippen LogP contribution in [0.3, 0.4) is 0 Å². The summed E-state index contributed by atoms with van der Waals surface area (Å²) in [5.41, 5.74) is 4.04. The second-order valence-corrected chi connectivity index (χ2v) is 8.44. The van der Waals surface area contributed by atoms with Crippen molar-refractivity contribution in [1.82, 2.24) is 10.2 Å². The lowest BCUT2D eigenvalue weighted by molar-refractivity contribution is -0.126. The van der Waals surface area contributed by atoms with Gasteiger partial charge in [0.2, 0.25) is 5.91 Å². The van der Waals surface area contributed by atoms with Crippen LogP contribution in [0, 0.1) is 12.8 Å². The van der Waals surface area contributed by atoms with Crippen LogP contribution in [0.1, 0.15) is 29.5 Å². The Kier molecular flexibility index (Phi) is 7.79. The van der Waals surface area contributed by atoms with E-state index in [0.717, 1.165) is 50.5 Å². The van der Waals surface area contributed by atoms with Crippen molar-refractivity contribution in [2.24, 2.45) is 5.92 Å². The maximum absolute atomic E-state index is 12.5. The van der Waals surface area contributed by atoms with Gasteiger partial charge in [-0.15, -0.1) is 0 Å². The number of rotatable bonds is 8. The Morgan fingerprint density at radius 3 is 2.74 bits per heavy atom. The average molecular weight is 383 g/mol. The fourth-order valence-electron chi connectivity index (χ4n) is 3.60. The zero-order valence-corrected chi connectivity index (χ0v) is 17.0. The van der Waals surface area contributed by atoms with Crippen LogP contribution < -0.4 is 5.32 Å². The number of carbonyl (C=O) groups is 1. The minimum absolute atomic E-state index is 0.127. The van der Waals surface area contributed by atoms with Crippen molar-refractivity contribution in [2.75, 3.05) is 25.4 Å². The van der Waals surface area contributed by atoms with Crippen molar-refractivity contribution in [2.45, 2.75) is 32.1 Å². The van der Waals surface area contributed by atoms with Crippen molar-refractivity contribution >= 4 is 17.7 Å². The first-order valence-corrected chi connectivity index (χ1v) is 11.0. The van der Waals surface area contributed by atoms with E-state index in [2.05, 4.69) is 65.7 Å². The number of nitrogens with one attached hydrogen (secondary N) is 1. The van der Waals surface area contributed by atoms with Crippen LogP contribution in [-0.4, -0.2) is 36.2 Å². The summed E-state index contributed by atoms with van der Waals surface area (Å²) in [5, 5.41) is 3.15. The smallest absolute Gasteiger partial charge is 0.224 e. The number of aryl methyl sites for hydroxylation is 1. The number of piperidine rings is 1. The number of carbonyl (C=O) groups excluding carboxylic acids is 1. The lowest BCUT2D eigenvalue weighted by Crippen LogP contribution is -2.43. The highest BCUT2D eigenvalue weighted by Crippen LogP contribution is 2.20. The van der Waals surface area contributed by atoms with Crippen molar-refractivity contribution in [1.29, 1.82) is 0 Å². The van der Waals surface area contributed by atoms with Crippen molar-refractivity contribution < 1.29 is 4.79 Å². The summed E-state index contributed by atoms with van der Waals surface area (Å²) in [4.78, 5) is 15.0. The zero-order chi connectivity index (χ0) is 18.9. The molecule has 3 rings (SSSR count). The van der Waals surface area contributed by atoms with Gasteiger partial charge in [0.25, 0.3) is 0 Å². The van der Waals surface area contributed by atoms with Gasteiger partial charge in [-0.2, -0.15) is 11.8 Å². The van der Waals surface area contributed by atoms with Crippen LogP contribution >= 0.6 is 11.8 Å². The third-order valence-corrected chi connectivity index (χ3v) is 6.22. The van der Waals surface area contributed by atoms with Crippen LogP contribution in [0.25, 0.3) is 0 Å². The van der Waals surface area contributed by atoms with Crippen molar-refractivity contribution in [3.05, 3.63) is 71.3 Å². The summed E-state index contributed by atoms with van der Waals surface area (Å²) in [6.45, 7) is 5.83. The monoisotopic (exact) mass is 382 g/mol. The maximum Gasteiger partial charge on any atom is 0.224 e. The summed E-state index contributed by atoms with van der Waals surface area (Å²) in [6, 6.07) is 19.0. The predicted molar refractivity (Wildman–Crippen MR) is 115 cm³/mol. The van der Waals surface area contributed by atoms with E-state index < -0.39 is 0 Å². The van der Waals surface area contributed by atoms with Crippen LogP contribution in [0.15, 0.2) is 54.6 Å². The molecule has 1 amide bonds. The first-order chi connectivity index (χ1) is 13.2. The molecule has 1 aliphatic rings. The van der Waals surface area contributed by atoms with Crippen LogP contribution in [-0.2, 0) is 17.1 Å². The SMILES string of the molecule is Cc1ccccc1CN1CCCC(C(=O)NCCSCc2ccccc2)C1. The lowest BCUT2D eigenvalue weighted by Gasteiger charge is -2.32. The molecule has 1 atom stereocenters. The molecular formula is C23H30N2OS. The van der Waals surface area contributed by atoms with E-state index in [9.17, 15) is 4.79 Å². The Labute approximate surface area is 167 Å². The number of nitrogens with zero attached hydrogens (tertiary/aromatic N) is 1. The van der Waals surface area contributed by atoms with E-state index in [1.165, 1.54) is 16.7 Å². The zero-order valence-electron chi connectivity index (χ0n) is 16.2. The molecule has 0 aromatic heterocycles. The molecule has 27 heavy (non-hydrogen) atoms. The third kappa shape index (κ3) is 6.40. The van der Waals surface area contributed by atoms with Gasteiger partial charge in [0.15, 0.2) is 0 Å². The molecule has 0 radical (unpaired) electrons. The average Bonchev–Trinajstić information content (AvgIpc) is 2.70. The standard InChI is InChI=1S/C23H30N2OS/c1-19-8-5-6-11-21(19)16-25-14-7-12-22(17-25)23(26)24-13-15-27-18-20-9-3-2-4-10-20/h2-6,8-11,22H,7,12-18H2,1H3,(H,24,26). The van der Waals surface area contributed by atoms with Crippen molar-refractivity contribution in [3.63, 3.8) is 0 Å². The molecule has 4 heteroatoms. The molecule has 1 heterocycles.